The normalized spacial score (nSPS) is 14.6. The highest BCUT2D eigenvalue weighted by atomic mass is 35.5. The number of carbonyl (C=O) groups excluding carboxylic acids is 1. The van der Waals surface area contributed by atoms with E-state index in [0.717, 1.165) is 0 Å². The van der Waals surface area contributed by atoms with E-state index in [1.165, 1.54) is 29.6 Å². The van der Waals surface area contributed by atoms with Crippen LogP contribution in [0.3, 0.4) is 0 Å². The SMILES string of the molecule is CC(NC(=O)c1ccc(Cl)cc1)(C(=O)O)C(F)(F)F. The van der Waals surface area contributed by atoms with Gasteiger partial charge in [0.2, 0.25) is 5.54 Å². The van der Waals surface area contributed by atoms with Crippen LogP contribution in [0.15, 0.2) is 24.3 Å². The number of carboxylic acids is 1. The number of hydrogen-bond donors (Lipinski definition) is 2. The third-order valence-corrected chi connectivity index (χ3v) is 2.72. The molecule has 0 aliphatic rings. The van der Waals surface area contributed by atoms with Crippen molar-refractivity contribution >= 4 is 23.5 Å². The predicted octanol–water partition coefficient (Wildman–Crippen LogP) is 2.48. The summed E-state index contributed by atoms with van der Waals surface area (Å²) >= 11 is 5.57. The van der Waals surface area contributed by atoms with E-state index < -0.39 is 23.6 Å². The van der Waals surface area contributed by atoms with Crippen molar-refractivity contribution in [2.75, 3.05) is 0 Å². The number of carbonyl (C=O) groups is 2. The molecule has 2 N–H and O–H groups in total. The lowest BCUT2D eigenvalue weighted by Gasteiger charge is -2.28. The first-order valence-corrected chi connectivity index (χ1v) is 5.34. The van der Waals surface area contributed by atoms with Crippen LogP contribution in [0.4, 0.5) is 13.2 Å². The van der Waals surface area contributed by atoms with Gasteiger partial charge in [0.25, 0.3) is 5.91 Å². The van der Waals surface area contributed by atoms with Gasteiger partial charge in [0.1, 0.15) is 0 Å². The van der Waals surface area contributed by atoms with Crippen LogP contribution in [0.25, 0.3) is 0 Å². The van der Waals surface area contributed by atoms with E-state index in [4.69, 9.17) is 16.7 Å². The molecule has 1 aromatic rings. The highest BCUT2D eigenvalue weighted by Gasteiger charge is 2.58. The molecule has 0 bridgehead atoms. The van der Waals surface area contributed by atoms with Gasteiger partial charge in [-0.1, -0.05) is 11.6 Å². The van der Waals surface area contributed by atoms with Gasteiger partial charge in [0, 0.05) is 10.6 Å². The van der Waals surface area contributed by atoms with Crippen LogP contribution in [0, 0.1) is 0 Å². The van der Waals surface area contributed by atoms with Gasteiger partial charge in [-0.15, -0.1) is 0 Å². The maximum atomic E-state index is 12.7. The lowest BCUT2D eigenvalue weighted by molar-refractivity contribution is -0.203. The second kappa shape index (κ2) is 5.08. The van der Waals surface area contributed by atoms with Gasteiger partial charge in [-0.2, -0.15) is 13.2 Å². The standard InChI is InChI=1S/C11H9ClF3NO3/c1-10(9(18)19,11(13,14)15)16-8(17)6-2-4-7(12)5-3-6/h2-5H,1H3,(H,16,17)(H,18,19). The minimum Gasteiger partial charge on any atom is -0.479 e. The lowest BCUT2D eigenvalue weighted by Crippen LogP contribution is -2.61. The fraction of sp³-hybridized carbons (Fsp3) is 0.273. The smallest absolute Gasteiger partial charge is 0.422 e. The first kappa shape index (κ1) is 15.3. The number of alkyl halides is 3. The predicted molar refractivity (Wildman–Crippen MR) is 61.0 cm³/mol. The van der Waals surface area contributed by atoms with Crippen LogP contribution in [0.5, 0.6) is 0 Å². The van der Waals surface area contributed by atoms with Crippen LogP contribution in [0.2, 0.25) is 5.02 Å². The molecule has 1 aromatic carbocycles. The molecule has 19 heavy (non-hydrogen) atoms. The Morgan fingerprint density at radius 3 is 2.05 bits per heavy atom. The van der Waals surface area contributed by atoms with Crippen molar-refractivity contribution in [1.29, 1.82) is 0 Å². The average Bonchev–Trinajstić information content (AvgIpc) is 2.27. The molecule has 0 saturated heterocycles. The van der Waals surface area contributed by atoms with Crippen molar-refractivity contribution in [3.63, 3.8) is 0 Å². The fourth-order valence-corrected chi connectivity index (χ4v) is 1.27. The van der Waals surface area contributed by atoms with Gasteiger partial charge < -0.3 is 10.4 Å². The number of benzene rings is 1. The second-order valence-electron chi connectivity index (χ2n) is 3.89. The molecule has 0 aliphatic heterocycles. The molecule has 1 rings (SSSR count). The average molecular weight is 296 g/mol. The Morgan fingerprint density at radius 2 is 1.68 bits per heavy atom. The zero-order chi connectivity index (χ0) is 14.8. The topological polar surface area (TPSA) is 66.4 Å². The maximum absolute atomic E-state index is 12.7. The zero-order valence-electron chi connectivity index (χ0n) is 9.58. The molecule has 0 radical (unpaired) electrons. The van der Waals surface area contributed by atoms with Gasteiger partial charge in [-0.25, -0.2) is 4.79 Å². The van der Waals surface area contributed by atoms with E-state index in [1.54, 1.807) is 0 Å². The summed E-state index contributed by atoms with van der Waals surface area (Å²) in [5, 5.41) is 10.4. The quantitative estimate of drug-likeness (QED) is 0.900. The van der Waals surface area contributed by atoms with Crippen molar-refractivity contribution in [2.45, 2.75) is 18.6 Å². The Labute approximate surface area is 111 Å². The summed E-state index contributed by atoms with van der Waals surface area (Å²) in [4.78, 5) is 22.3. The second-order valence-corrected chi connectivity index (χ2v) is 4.33. The largest absolute Gasteiger partial charge is 0.479 e. The molecule has 1 atom stereocenters. The van der Waals surface area contributed by atoms with Gasteiger partial charge >= 0.3 is 12.1 Å². The van der Waals surface area contributed by atoms with E-state index in [2.05, 4.69) is 0 Å². The summed E-state index contributed by atoms with van der Waals surface area (Å²) in [5.41, 5.74) is -3.48. The molecule has 0 saturated carbocycles. The number of amides is 1. The van der Waals surface area contributed by atoms with Crippen LogP contribution >= 0.6 is 11.6 Å². The van der Waals surface area contributed by atoms with Gasteiger partial charge in [0.05, 0.1) is 0 Å². The lowest BCUT2D eigenvalue weighted by atomic mass is 10.0. The Morgan fingerprint density at radius 1 is 1.21 bits per heavy atom. The molecule has 1 amide bonds. The monoisotopic (exact) mass is 295 g/mol. The number of nitrogens with one attached hydrogen (secondary N) is 1. The molecule has 0 spiro atoms. The van der Waals surface area contributed by atoms with Crippen LogP contribution in [0.1, 0.15) is 17.3 Å². The Hall–Kier alpha value is -1.76. The summed E-state index contributed by atoms with van der Waals surface area (Å²) in [6.07, 6.45) is -5.12. The van der Waals surface area contributed by atoms with Crippen molar-refractivity contribution in [3.05, 3.63) is 34.9 Å². The van der Waals surface area contributed by atoms with E-state index in [1.807, 2.05) is 0 Å². The molecule has 0 aliphatic carbocycles. The number of aliphatic carboxylic acids is 1. The highest BCUT2D eigenvalue weighted by molar-refractivity contribution is 6.30. The highest BCUT2D eigenvalue weighted by Crippen LogP contribution is 2.30. The zero-order valence-corrected chi connectivity index (χ0v) is 10.3. The van der Waals surface area contributed by atoms with Gasteiger partial charge in [-0.05, 0) is 31.2 Å². The summed E-state index contributed by atoms with van der Waals surface area (Å²) in [6, 6.07) is 5.00. The van der Waals surface area contributed by atoms with E-state index in [9.17, 15) is 22.8 Å². The number of hydrogen-bond acceptors (Lipinski definition) is 2. The van der Waals surface area contributed by atoms with Gasteiger partial charge in [0.15, 0.2) is 0 Å². The molecule has 1 unspecified atom stereocenters. The minimum absolute atomic E-state index is 0.124. The molecular formula is C11H9ClF3NO3. The van der Waals surface area contributed by atoms with Crippen molar-refractivity contribution in [3.8, 4) is 0 Å². The Kier molecular flexibility index (Phi) is 4.09. The molecule has 0 aromatic heterocycles. The number of rotatable bonds is 3. The fourth-order valence-electron chi connectivity index (χ4n) is 1.15. The summed E-state index contributed by atoms with van der Waals surface area (Å²) in [7, 11) is 0. The summed E-state index contributed by atoms with van der Waals surface area (Å²) in [5.74, 6) is -3.35. The van der Waals surface area contributed by atoms with Crippen molar-refractivity contribution in [1.82, 2.24) is 5.32 Å². The third-order valence-electron chi connectivity index (χ3n) is 2.46. The van der Waals surface area contributed by atoms with E-state index in [-0.39, 0.29) is 5.56 Å². The van der Waals surface area contributed by atoms with Crippen LogP contribution < -0.4 is 5.32 Å². The van der Waals surface area contributed by atoms with E-state index in [0.29, 0.717) is 11.9 Å². The molecule has 104 valence electrons. The van der Waals surface area contributed by atoms with Crippen LogP contribution in [-0.4, -0.2) is 28.7 Å². The van der Waals surface area contributed by atoms with E-state index >= 15 is 0 Å². The molecule has 0 fully saturated rings. The Balaban J connectivity index is 3.02. The molecule has 4 nitrogen and oxygen atoms in total. The van der Waals surface area contributed by atoms with Gasteiger partial charge in [-0.3, -0.25) is 4.79 Å². The first-order chi connectivity index (χ1) is 8.58. The first-order valence-electron chi connectivity index (χ1n) is 4.96. The Bertz CT molecular complexity index is 501. The minimum atomic E-state index is -5.12. The molecule has 8 heteroatoms. The number of halogens is 4. The van der Waals surface area contributed by atoms with Crippen molar-refractivity contribution < 1.29 is 27.9 Å². The third kappa shape index (κ3) is 3.17. The van der Waals surface area contributed by atoms with Crippen LogP contribution in [-0.2, 0) is 4.79 Å². The summed E-state index contributed by atoms with van der Waals surface area (Å²) < 4.78 is 38.0. The number of carboxylic acid groups (broad SMARTS) is 1. The summed E-state index contributed by atoms with van der Waals surface area (Å²) in [6.45, 7) is 0.378. The molecular weight excluding hydrogens is 287 g/mol. The maximum Gasteiger partial charge on any atom is 0.422 e. The molecule has 0 heterocycles. The van der Waals surface area contributed by atoms with Crippen molar-refractivity contribution in [2.24, 2.45) is 0 Å².